The van der Waals surface area contributed by atoms with Gasteiger partial charge in [0.2, 0.25) is 5.91 Å². The van der Waals surface area contributed by atoms with Crippen molar-refractivity contribution in [2.24, 2.45) is 0 Å². The smallest absolute Gasteiger partial charge is 0.242 e. The van der Waals surface area contributed by atoms with Gasteiger partial charge in [-0.1, -0.05) is 13.3 Å². The number of hydrogen-bond acceptors (Lipinski definition) is 6. The van der Waals surface area contributed by atoms with E-state index in [1.54, 1.807) is 6.92 Å². The third-order valence-electron chi connectivity index (χ3n) is 5.91. The second-order valence-corrected chi connectivity index (χ2v) is 9.04. The van der Waals surface area contributed by atoms with Gasteiger partial charge in [-0.25, -0.2) is 24.3 Å². The third-order valence-corrected chi connectivity index (χ3v) is 6.49. The SMILES string of the molecule is CCCCc1nc(-c2nc(Br)c3c(n2)NC(=O)C3(C)c2ccc(F)cn2)cn2cc(C)nc12. The van der Waals surface area contributed by atoms with Gasteiger partial charge < -0.3 is 9.72 Å². The molecule has 4 aromatic rings. The molecule has 4 aromatic heterocycles. The average molecular weight is 510 g/mol. The van der Waals surface area contributed by atoms with Crippen LogP contribution in [0.1, 0.15) is 49.3 Å². The van der Waals surface area contributed by atoms with Gasteiger partial charge in [-0.05, 0) is 54.8 Å². The largest absolute Gasteiger partial charge is 0.309 e. The van der Waals surface area contributed by atoms with Crippen molar-refractivity contribution in [3.63, 3.8) is 0 Å². The molecule has 1 amide bonds. The highest BCUT2D eigenvalue weighted by molar-refractivity contribution is 9.10. The van der Waals surface area contributed by atoms with Crippen LogP contribution >= 0.6 is 15.9 Å². The van der Waals surface area contributed by atoms with Crippen LogP contribution in [0, 0.1) is 12.7 Å². The number of unbranched alkanes of at least 4 members (excludes halogenated alkanes) is 1. The van der Waals surface area contributed by atoms with Gasteiger partial charge in [0.1, 0.15) is 27.3 Å². The Bertz CT molecular complexity index is 1400. The third kappa shape index (κ3) is 3.49. The maximum Gasteiger partial charge on any atom is 0.242 e. The van der Waals surface area contributed by atoms with Crippen molar-refractivity contribution in [3.8, 4) is 11.5 Å². The Morgan fingerprint density at radius 1 is 1.18 bits per heavy atom. The van der Waals surface area contributed by atoms with Gasteiger partial charge in [-0.2, -0.15) is 0 Å². The molecule has 0 spiro atoms. The van der Waals surface area contributed by atoms with E-state index in [2.05, 4.69) is 48.1 Å². The van der Waals surface area contributed by atoms with E-state index in [9.17, 15) is 9.18 Å². The number of fused-ring (bicyclic) bond motifs is 2. The van der Waals surface area contributed by atoms with Gasteiger partial charge in [-0.15, -0.1) is 0 Å². The van der Waals surface area contributed by atoms with E-state index in [-0.39, 0.29) is 5.91 Å². The number of pyridine rings is 1. The van der Waals surface area contributed by atoms with Crippen molar-refractivity contribution in [2.75, 3.05) is 5.32 Å². The Labute approximate surface area is 197 Å². The predicted molar refractivity (Wildman–Crippen MR) is 124 cm³/mol. The van der Waals surface area contributed by atoms with Crippen molar-refractivity contribution in [1.29, 1.82) is 0 Å². The minimum atomic E-state index is -1.16. The van der Waals surface area contributed by atoms with Crippen molar-refractivity contribution < 1.29 is 9.18 Å². The molecule has 1 aliphatic rings. The highest BCUT2D eigenvalue weighted by atomic mass is 79.9. The first-order valence-corrected chi connectivity index (χ1v) is 11.5. The Hall–Kier alpha value is -3.27. The fraction of sp³-hybridized carbons (Fsp3) is 0.304. The molecule has 0 radical (unpaired) electrons. The highest BCUT2D eigenvalue weighted by Crippen LogP contribution is 2.44. The van der Waals surface area contributed by atoms with Crippen LogP contribution in [0.15, 0.2) is 35.3 Å². The summed E-state index contributed by atoms with van der Waals surface area (Å²) in [4.78, 5) is 35.9. The molecule has 1 unspecified atom stereocenters. The predicted octanol–water partition coefficient (Wildman–Crippen LogP) is 4.39. The van der Waals surface area contributed by atoms with E-state index < -0.39 is 11.2 Å². The lowest BCUT2D eigenvalue weighted by atomic mass is 9.81. The number of imidazole rings is 1. The highest BCUT2D eigenvalue weighted by Gasteiger charge is 2.48. The number of carbonyl (C=O) groups excluding carboxylic acids is 1. The number of aryl methyl sites for hydroxylation is 2. The fourth-order valence-corrected chi connectivity index (χ4v) is 4.90. The lowest BCUT2D eigenvalue weighted by Gasteiger charge is -2.22. The quantitative estimate of drug-likeness (QED) is 0.400. The summed E-state index contributed by atoms with van der Waals surface area (Å²) in [6, 6.07) is 2.79. The van der Waals surface area contributed by atoms with E-state index in [1.165, 1.54) is 12.1 Å². The normalized spacial score (nSPS) is 17.4. The first-order chi connectivity index (χ1) is 15.8. The van der Waals surface area contributed by atoms with Crippen molar-refractivity contribution >= 4 is 33.3 Å². The van der Waals surface area contributed by atoms with E-state index >= 15 is 0 Å². The van der Waals surface area contributed by atoms with Crippen LogP contribution in [-0.4, -0.2) is 35.2 Å². The molecule has 1 N–H and O–H groups in total. The molecular weight excluding hydrogens is 489 g/mol. The van der Waals surface area contributed by atoms with E-state index in [0.717, 1.165) is 42.5 Å². The lowest BCUT2D eigenvalue weighted by Crippen LogP contribution is -2.33. The maximum absolute atomic E-state index is 13.4. The van der Waals surface area contributed by atoms with Crippen LogP contribution in [0.2, 0.25) is 0 Å². The summed E-state index contributed by atoms with van der Waals surface area (Å²) in [6.07, 6.45) is 7.71. The van der Waals surface area contributed by atoms with Crippen LogP contribution < -0.4 is 5.32 Å². The lowest BCUT2D eigenvalue weighted by molar-refractivity contribution is -0.119. The van der Waals surface area contributed by atoms with Crippen LogP contribution in [-0.2, 0) is 16.6 Å². The standard InChI is InChI=1S/C23H21BrFN7O/c1-4-5-6-14-21-27-12(2)10-32(21)11-15(28-14)19-29-18(24)17-20(30-19)31-22(33)23(17,3)16-8-7-13(25)9-26-16/h7-11H,4-6H2,1-3H3,(H,29,30,31,33). The average Bonchev–Trinajstić information content (AvgIpc) is 3.29. The van der Waals surface area contributed by atoms with Gasteiger partial charge in [0.05, 0.1) is 23.3 Å². The summed E-state index contributed by atoms with van der Waals surface area (Å²) in [5.41, 5.74) is 3.00. The number of amides is 1. The van der Waals surface area contributed by atoms with Gasteiger partial charge in [-0.3, -0.25) is 9.78 Å². The molecular formula is C23H21BrFN7O. The first kappa shape index (κ1) is 21.6. The summed E-state index contributed by atoms with van der Waals surface area (Å²) >= 11 is 3.53. The molecule has 0 aliphatic carbocycles. The summed E-state index contributed by atoms with van der Waals surface area (Å²) in [5.74, 6) is -0.0182. The molecule has 0 saturated heterocycles. The van der Waals surface area contributed by atoms with Gasteiger partial charge >= 0.3 is 0 Å². The zero-order chi connectivity index (χ0) is 23.3. The topological polar surface area (TPSA) is 98.0 Å². The molecule has 1 aliphatic heterocycles. The number of aromatic nitrogens is 6. The Morgan fingerprint density at radius 2 is 2.00 bits per heavy atom. The number of rotatable bonds is 5. The second-order valence-electron chi connectivity index (χ2n) is 8.29. The van der Waals surface area contributed by atoms with Crippen molar-refractivity contribution in [1.82, 2.24) is 29.3 Å². The Balaban J connectivity index is 1.64. The van der Waals surface area contributed by atoms with E-state index in [4.69, 9.17) is 4.98 Å². The monoisotopic (exact) mass is 509 g/mol. The molecule has 5 rings (SSSR count). The molecule has 0 fully saturated rings. The van der Waals surface area contributed by atoms with Crippen molar-refractivity contribution in [3.05, 3.63) is 63.8 Å². The number of nitrogens with one attached hydrogen (secondary N) is 1. The molecule has 168 valence electrons. The molecule has 1 atom stereocenters. The first-order valence-electron chi connectivity index (χ1n) is 10.7. The van der Waals surface area contributed by atoms with Crippen LogP contribution in [0.5, 0.6) is 0 Å². The van der Waals surface area contributed by atoms with Gasteiger partial charge in [0.25, 0.3) is 0 Å². The molecule has 8 nitrogen and oxygen atoms in total. The molecule has 0 saturated carbocycles. The van der Waals surface area contributed by atoms with Crippen molar-refractivity contribution in [2.45, 2.75) is 45.4 Å². The van der Waals surface area contributed by atoms with E-state index in [0.29, 0.717) is 33.2 Å². The number of carbonyl (C=O) groups is 1. The molecule has 5 heterocycles. The summed E-state index contributed by atoms with van der Waals surface area (Å²) in [6.45, 7) is 5.80. The summed E-state index contributed by atoms with van der Waals surface area (Å²) < 4.78 is 15.8. The minimum Gasteiger partial charge on any atom is -0.309 e. The zero-order valence-electron chi connectivity index (χ0n) is 18.4. The fourth-order valence-electron chi connectivity index (χ4n) is 4.15. The number of halogens is 2. The maximum atomic E-state index is 13.4. The molecule has 33 heavy (non-hydrogen) atoms. The van der Waals surface area contributed by atoms with Crippen LogP contribution in [0.4, 0.5) is 10.2 Å². The number of anilines is 1. The van der Waals surface area contributed by atoms with E-state index in [1.807, 2.05) is 23.7 Å². The zero-order valence-corrected chi connectivity index (χ0v) is 19.9. The molecule has 10 heteroatoms. The summed E-state index contributed by atoms with van der Waals surface area (Å²) in [7, 11) is 0. The Morgan fingerprint density at radius 3 is 2.73 bits per heavy atom. The summed E-state index contributed by atoms with van der Waals surface area (Å²) in [5, 5.41) is 2.84. The molecule has 0 bridgehead atoms. The molecule has 0 aromatic carbocycles. The number of nitrogens with zero attached hydrogens (tertiary/aromatic N) is 6. The second kappa shape index (κ2) is 7.95. The van der Waals surface area contributed by atoms with Crippen LogP contribution in [0.3, 0.4) is 0 Å². The van der Waals surface area contributed by atoms with Crippen LogP contribution in [0.25, 0.3) is 17.2 Å². The minimum absolute atomic E-state index is 0.305. The van der Waals surface area contributed by atoms with Gasteiger partial charge in [0, 0.05) is 18.0 Å². The van der Waals surface area contributed by atoms with Gasteiger partial charge in [0.15, 0.2) is 11.5 Å². The number of hydrogen-bond donors (Lipinski definition) is 1. The Kier molecular flexibility index (Phi) is 5.19.